The Morgan fingerprint density at radius 2 is 1.85 bits per heavy atom. The molecule has 3 heteroatoms. The second-order valence-corrected chi connectivity index (χ2v) is 5.63. The third kappa shape index (κ3) is 2.77. The minimum absolute atomic E-state index is 0.263. The second-order valence-electron chi connectivity index (χ2n) is 5.63. The van der Waals surface area contributed by atoms with Crippen LogP contribution in [0.2, 0.25) is 0 Å². The summed E-state index contributed by atoms with van der Waals surface area (Å²) in [6, 6.07) is 10.2. The molecule has 20 heavy (non-hydrogen) atoms. The van der Waals surface area contributed by atoms with Crippen molar-refractivity contribution in [2.75, 3.05) is 7.11 Å². The van der Waals surface area contributed by atoms with Crippen LogP contribution in [0, 0.1) is 5.41 Å². The zero-order chi connectivity index (χ0) is 14.8. The zero-order valence-corrected chi connectivity index (χ0v) is 12.5. The SMILES string of the molecule is COC(=O)C1=CN(Cc2ccccc2)C=C(C)C1(C)C. The molecule has 3 nitrogen and oxygen atoms in total. The van der Waals surface area contributed by atoms with Gasteiger partial charge < -0.3 is 9.64 Å². The average molecular weight is 271 g/mol. The molecule has 1 aliphatic heterocycles. The minimum atomic E-state index is -0.291. The molecule has 0 radical (unpaired) electrons. The van der Waals surface area contributed by atoms with Crippen LogP contribution in [0.4, 0.5) is 0 Å². The Morgan fingerprint density at radius 1 is 1.20 bits per heavy atom. The third-order valence-electron chi connectivity index (χ3n) is 3.93. The molecule has 0 atom stereocenters. The van der Waals surface area contributed by atoms with E-state index in [1.54, 1.807) is 0 Å². The van der Waals surface area contributed by atoms with E-state index in [1.165, 1.54) is 12.7 Å². The first-order chi connectivity index (χ1) is 9.45. The molecule has 0 N–H and O–H groups in total. The fourth-order valence-electron chi connectivity index (χ4n) is 2.29. The minimum Gasteiger partial charge on any atom is -0.466 e. The van der Waals surface area contributed by atoms with Crippen LogP contribution in [-0.4, -0.2) is 18.0 Å². The molecule has 0 aromatic heterocycles. The van der Waals surface area contributed by atoms with Gasteiger partial charge in [0.15, 0.2) is 0 Å². The van der Waals surface area contributed by atoms with Crippen LogP contribution >= 0.6 is 0 Å². The van der Waals surface area contributed by atoms with E-state index in [1.807, 2.05) is 50.1 Å². The van der Waals surface area contributed by atoms with E-state index in [2.05, 4.69) is 18.3 Å². The molecule has 0 bridgehead atoms. The lowest BCUT2D eigenvalue weighted by atomic mass is 9.77. The van der Waals surface area contributed by atoms with Gasteiger partial charge in [-0.05, 0) is 18.1 Å². The molecule has 0 saturated heterocycles. The summed E-state index contributed by atoms with van der Waals surface area (Å²) in [5.74, 6) is -0.263. The molecular formula is C17H21NO2. The monoisotopic (exact) mass is 271 g/mol. The number of carbonyl (C=O) groups is 1. The highest BCUT2D eigenvalue weighted by Gasteiger charge is 2.34. The standard InChI is InChI=1S/C17H21NO2/c1-13-10-18(11-14-8-6-5-7-9-14)12-15(16(19)20-4)17(13,2)3/h5-10,12H,11H2,1-4H3. The molecule has 1 heterocycles. The van der Waals surface area contributed by atoms with Crippen molar-refractivity contribution >= 4 is 5.97 Å². The molecule has 0 spiro atoms. The van der Waals surface area contributed by atoms with Crippen molar-refractivity contribution in [3.05, 3.63) is 59.4 Å². The number of hydrogen-bond donors (Lipinski definition) is 0. The Kier molecular flexibility index (Phi) is 3.98. The average Bonchev–Trinajstić information content (AvgIpc) is 2.43. The van der Waals surface area contributed by atoms with E-state index >= 15 is 0 Å². The smallest absolute Gasteiger partial charge is 0.336 e. The van der Waals surface area contributed by atoms with Crippen molar-refractivity contribution in [1.29, 1.82) is 0 Å². The second kappa shape index (κ2) is 5.53. The first-order valence-electron chi connectivity index (χ1n) is 6.74. The van der Waals surface area contributed by atoms with E-state index in [0.29, 0.717) is 5.57 Å². The summed E-state index contributed by atoms with van der Waals surface area (Å²) in [6.45, 7) is 6.88. The van der Waals surface area contributed by atoms with Gasteiger partial charge in [0, 0.05) is 24.4 Å². The van der Waals surface area contributed by atoms with Gasteiger partial charge >= 0.3 is 5.97 Å². The lowest BCUT2D eigenvalue weighted by molar-refractivity contribution is -0.137. The molecule has 106 valence electrons. The highest BCUT2D eigenvalue weighted by atomic mass is 16.5. The van der Waals surface area contributed by atoms with E-state index < -0.39 is 0 Å². The Balaban J connectivity index is 2.29. The number of ether oxygens (including phenoxy) is 1. The highest BCUT2D eigenvalue weighted by molar-refractivity contribution is 5.90. The normalized spacial score (nSPS) is 17.3. The fourth-order valence-corrected chi connectivity index (χ4v) is 2.29. The zero-order valence-electron chi connectivity index (χ0n) is 12.5. The number of allylic oxidation sites excluding steroid dienone is 1. The summed E-state index contributed by atoms with van der Waals surface area (Å²) in [4.78, 5) is 14.0. The summed E-state index contributed by atoms with van der Waals surface area (Å²) >= 11 is 0. The summed E-state index contributed by atoms with van der Waals surface area (Å²) < 4.78 is 4.91. The first-order valence-corrected chi connectivity index (χ1v) is 6.74. The number of methoxy groups -OCH3 is 1. The summed E-state index contributed by atoms with van der Waals surface area (Å²) in [6.07, 6.45) is 3.99. The van der Waals surface area contributed by atoms with E-state index in [0.717, 1.165) is 12.1 Å². The molecule has 1 aromatic carbocycles. The number of esters is 1. The van der Waals surface area contributed by atoms with Crippen LogP contribution in [0.15, 0.2) is 53.9 Å². The lowest BCUT2D eigenvalue weighted by Gasteiger charge is -2.35. The van der Waals surface area contributed by atoms with E-state index in [4.69, 9.17) is 4.74 Å². The van der Waals surface area contributed by atoms with Crippen LogP contribution < -0.4 is 0 Å². The lowest BCUT2D eigenvalue weighted by Crippen LogP contribution is -2.31. The van der Waals surface area contributed by atoms with Gasteiger partial charge in [0.25, 0.3) is 0 Å². The Morgan fingerprint density at radius 3 is 2.45 bits per heavy atom. The van der Waals surface area contributed by atoms with Gasteiger partial charge in [-0.2, -0.15) is 0 Å². The van der Waals surface area contributed by atoms with Gasteiger partial charge in [-0.25, -0.2) is 4.79 Å². The molecule has 0 amide bonds. The summed E-state index contributed by atoms with van der Waals surface area (Å²) in [5.41, 5.74) is 2.75. The predicted octanol–water partition coefficient (Wildman–Crippen LogP) is 3.49. The van der Waals surface area contributed by atoms with Crippen LogP contribution in [0.1, 0.15) is 26.3 Å². The number of nitrogens with zero attached hydrogens (tertiary/aromatic N) is 1. The Labute approximate surface area is 120 Å². The molecule has 1 aromatic rings. The van der Waals surface area contributed by atoms with Crippen LogP contribution in [0.25, 0.3) is 0 Å². The van der Waals surface area contributed by atoms with Crippen molar-refractivity contribution in [3.63, 3.8) is 0 Å². The number of benzene rings is 1. The molecular weight excluding hydrogens is 250 g/mol. The fraction of sp³-hybridized carbons (Fsp3) is 0.353. The van der Waals surface area contributed by atoms with Crippen molar-refractivity contribution in [3.8, 4) is 0 Å². The summed E-state index contributed by atoms with van der Waals surface area (Å²) in [7, 11) is 1.43. The highest BCUT2D eigenvalue weighted by Crippen LogP contribution is 2.38. The van der Waals surface area contributed by atoms with E-state index in [9.17, 15) is 4.79 Å². The molecule has 0 unspecified atom stereocenters. The molecule has 0 fully saturated rings. The molecule has 0 aliphatic carbocycles. The third-order valence-corrected chi connectivity index (χ3v) is 3.93. The molecule has 0 saturated carbocycles. The molecule has 2 rings (SSSR count). The first kappa shape index (κ1) is 14.4. The maximum atomic E-state index is 12.0. The van der Waals surface area contributed by atoms with Crippen LogP contribution in [0.5, 0.6) is 0 Å². The quantitative estimate of drug-likeness (QED) is 0.788. The van der Waals surface area contributed by atoms with Gasteiger partial charge in [0.1, 0.15) is 0 Å². The maximum absolute atomic E-state index is 12.0. The Bertz CT molecular complexity index is 556. The summed E-state index contributed by atoms with van der Waals surface area (Å²) in [5, 5.41) is 0. The number of carbonyl (C=O) groups excluding carboxylic acids is 1. The number of rotatable bonds is 3. The van der Waals surface area contributed by atoms with E-state index in [-0.39, 0.29) is 11.4 Å². The van der Waals surface area contributed by atoms with Crippen molar-refractivity contribution in [2.45, 2.75) is 27.3 Å². The number of hydrogen-bond acceptors (Lipinski definition) is 3. The largest absolute Gasteiger partial charge is 0.466 e. The topological polar surface area (TPSA) is 29.5 Å². The Hall–Kier alpha value is -2.03. The maximum Gasteiger partial charge on any atom is 0.336 e. The van der Waals surface area contributed by atoms with Crippen molar-refractivity contribution < 1.29 is 9.53 Å². The van der Waals surface area contributed by atoms with Crippen molar-refractivity contribution in [1.82, 2.24) is 4.90 Å². The predicted molar refractivity (Wildman–Crippen MR) is 79.6 cm³/mol. The van der Waals surface area contributed by atoms with Gasteiger partial charge in [-0.15, -0.1) is 0 Å². The molecule has 1 aliphatic rings. The van der Waals surface area contributed by atoms with Gasteiger partial charge in [-0.1, -0.05) is 44.2 Å². The van der Waals surface area contributed by atoms with Gasteiger partial charge in [0.05, 0.1) is 12.7 Å². The van der Waals surface area contributed by atoms with Crippen molar-refractivity contribution in [2.24, 2.45) is 5.41 Å². The van der Waals surface area contributed by atoms with Crippen LogP contribution in [-0.2, 0) is 16.1 Å². The van der Waals surface area contributed by atoms with Gasteiger partial charge in [-0.3, -0.25) is 0 Å². The van der Waals surface area contributed by atoms with Gasteiger partial charge in [0.2, 0.25) is 0 Å². The van der Waals surface area contributed by atoms with Crippen LogP contribution in [0.3, 0.4) is 0 Å².